The van der Waals surface area contributed by atoms with Crippen LogP contribution in [-0.2, 0) is 16.1 Å². The average molecular weight is 396 g/mol. The second-order valence-electron chi connectivity index (χ2n) is 8.49. The van der Waals surface area contributed by atoms with Gasteiger partial charge >= 0.3 is 0 Å². The van der Waals surface area contributed by atoms with Crippen molar-refractivity contribution < 1.29 is 19.0 Å². The summed E-state index contributed by atoms with van der Waals surface area (Å²) >= 11 is 0. The SMILES string of the molecule is COCc1nc2n(n1)C(c1ccc3c(c1)OCCO3)C1=C(CC(C)(C)CC1=O)N2. The zero-order valence-electron chi connectivity index (χ0n) is 16.8. The van der Waals surface area contributed by atoms with E-state index in [0.717, 1.165) is 29.0 Å². The second kappa shape index (κ2) is 6.59. The number of ether oxygens (including phenoxy) is 3. The lowest BCUT2D eigenvalue weighted by atomic mass is 9.73. The highest BCUT2D eigenvalue weighted by atomic mass is 16.6. The van der Waals surface area contributed by atoms with Gasteiger partial charge in [0, 0.05) is 24.8 Å². The quantitative estimate of drug-likeness (QED) is 0.853. The topological polar surface area (TPSA) is 87.5 Å². The van der Waals surface area contributed by atoms with Gasteiger partial charge in [0.25, 0.3) is 0 Å². The van der Waals surface area contributed by atoms with Crippen molar-refractivity contribution in [3.63, 3.8) is 0 Å². The van der Waals surface area contributed by atoms with Gasteiger partial charge in [0.2, 0.25) is 5.95 Å². The lowest BCUT2D eigenvalue weighted by Gasteiger charge is -2.38. The minimum Gasteiger partial charge on any atom is -0.486 e. The predicted octanol–water partition coefficient (Wildman–Crippen LogP) is 2.85. The first-order chi connectivity index (χ1) is 13.9. The van der Waals surface area contributed by atoms with Crippen LogP contribution in [0, 0.1) is 5.41 Å². The number of ketones is 1. The van der Waals surface area contributed by atoms with Crippen LogP contribution < -0.4 is 14.8 Å². The van der Waals surface area contributed by atoms with Crippen LogP contribution in [0.5, 0.6) is 11.5 Å². The number of hydrogen-bond donors (Lipinski definition) is 1. The molecule has 1 aromatic carbocycles. The number of nitrogens with zero attached hydrogens (tertiary/aromatic N) is 3. The summed E-state index contributed by atoms with van der Waals surface area (Å²) in [5, 5.41) is 7.99. The Morgan fingerprint density at radius 3 is 2.83 bits per heavy atom. The molecule has 3 heterocycles. The zero-order chi connectivity index (χ0) is 20.2. The van der Waals surface area contributed by atoms with Gasteiger partial charge in [0.15, 0.2) is 23.1 Å². The Morgan fingerprint density at radius 1 is 1.24 bits per heavy atom. The highest BCUT2D eigenvalue weighted by Gasteiger charge is 2.42. The lowest BCUT2D eigenvalue weighted by Crippen LogP contribution is -2.36. The molecule has 1 unspecified atom stereocenters. The first-order valence-corrected chi connectivity index (χ1v) is 9.82. The lowest BCUT2D eigenvalue weighted by molar-refractivity contribution is -0.118. The summed E-state index contributed by atoms with van der Waals surface area (Å²) in [5.74, 6) is 2.75. The molecule has 3 aliphatic rings. The average Bonchev–Trinajstić information content (AvgIpc) is 3.07. The van der Waals surface area contributed by atoms with Crippen molar-refractivity contribution in [1.82, 2.24) is 14.8 Å². The van der Waals surface area contributed by atoms with E-state index in [2.05, 4.69) is 29.2 Å². The fraction of sp³-hybridized carbons (Fsp3) is 0.476. The van der Waals surface area contributed by atoms with Crippen LogP contribution in [-0.4, -0.2) is 40.9 Å². The maximum Gasteiger partial charge on any atom is 0.226 e. The van der Waals surface area contributed by atoms with E-state index >= 15 is 0 Å². The Hall–Kier alpha value is -2.87. The zero-order valence-corrected chi connectivity index (χ0v) is 16.8. The Labute approximate surface area is 168 Å². The Balaban J connectivity index is 1.66. The highest BCUT2D eigenvalue weighted by molar-refractivity contribution is 6.00. The third kappa shape index (κ3) is 3.07. The molecule has 0 radical (unpaired) electrons. The number of allylic oxidation sites excluding steroid dienone is 2. The number of carbonyl (C=O) groups is 1. The van der Waals surface area contributed by atoms with Gasteiger partial charge in [0.05, 0.1) is 0 Å². The Morgan fingerprint density at radius 2 is 2.03 bits per heavy atom. The van der Waals surface area contributed by atoms with E-state index in [4.69, 9.17) is 14.2 Å². The number of hydrogen-bond acceptors (Lipinski definition) is 7. The number of carbonyl (C=O) groups excluding carboxylic acids is 1. The van der Waals surface area contributed by atoms with Crippen LogP contribution >= 0.6 is 0 Å². The smallest absolute Gasteiger partial charge is 0.226 e. The molecule has 8 nitrogen and oxygen atoms in total. The van der Waals surface area contributed by atoms with E-state index in [9.17, 15) is 4.79 Å². The number of Topliss-reactive ketones (excluding diaryl/α,β-unsaturated/α-hetero) is 1. The molecule has 29 heavy (non-hydrogen) atoms. The van der Waals surface area contributed by atoms with Crippen LogP contribution in [0.1, 0.15) is 44.1 Å². The molecule has 1 aromatic heterocycles. The molecule has 0 bridgehead atoms. The van der Waals surface area contributed by atoms with E-state index in [0.29, 0.717) is 43.8 Å². The van der Waals surface area contributed by atoms with Crippen LogP contribution in [0.15, 0.2) is 29.5 Å². The summed E-state index contributed by atoms with van der Waals surface area (Å²) in [6.07, 6.45) is 1.28. The monoisotopic (exact) mass is 396 g/mol. The van der Waals surface area contributed by atoms with Crippen molar-refractivity contribution in [3.05, 3.63) is 40.9 Å². The number of methoxy groups -OCH3 is 1. The predicted molar refractivity (Wildman–Crippen MR) is 105 cm³/mol. The molecule has 1 N–H and O–H groups in total. The number of rotatable bonds is 3. The largest absolute Gasteiger partial charge is 0.486 e. The first kappa shape index (κ1) is 18.2. The molecular formula is C21H24N4O4. The summed E-state index contributed by atoms with van der Waals surface area (Å²) in [6, 6.07) is 5.46. The minimum absolute atomic E-state index is 0.0994. The van der Waals surface area contributed by atoms with Crippen molar-refractivity contribution >= 4 is 11.7 Å². The van der Waals surface area contributed by atoms with E-state index in [1.807, 2.05) is 18.2 Å². The third-order valence-electron chi connectivity index (χ3n) is 5.53. The normalized spacial score (nSPS) is 22.0. The highest BCUT2D eigenvalue weighted by Crippen LogP contribution is 2.46. The molecule has 5 rings (SSSR count). The van der Waals surface area contributed by atoms with Gasteiger partial charge in [-0.2, -0.15) is 10.1 Å². The van der Waals surface area contributed by atoms with Crippen LogP contribution in [0.3, 0.4) is 0 Å². The Kier molecular flexibility index (Phi) is 4.13. The first-order valence-electron chi connectivity index (χ1n) is 9.82. The standard InChI is InChI=1S/C21H24N4O4/c1-21(2)9-13-18(14(26)10-21)19(25-20(22-13)23-17(24-25)11-27-3)12-4-5-15-16(8-12)29-7-6-28-15/h4-5,8,19H,6-7,9-11H2,1-3H3,(H,22,23,24). The molecule has 0 fully saturated rings. The number of benzene rings is 1. The number of fused-ring (bicyclic) bond motifs is 2. The van der Waals surface area contributed by atoms with Crippen molar-refractivity contribution in [2.45, 2.75) is 39.3 Å². The molecular weight excluding hydrogens is 372 g/mol. The third-order valence-corrected chi connectivity index (χ3v) is 5.53. The number of anilines is 1. The van der Waals surface area contributed by atoms with E-state index in [-0.39, 0.29) is 17.2 Å². The fourth-order valence-electron chi connectivity index (χ4n) is 4.38. The molecule has 152 valence electrons. The second-order valence-corrected chi connectivity index (χ2v) is 8.49. The molecule has 0 saturated heterocycles. The molecule has 2 aromatic rings. The summed E-state index contributed by atoms with van der Waals surface area (Å²) in [7, 11) is 1.61. The van der Waals surface area contributed by atoms with E-state index in [1.54, 1.807) is 11.8 Å². The molecule has 0 amide bonds. The molecule has 8 heteroatoms. The maximum atomic E-state index is 13.2. The van der Waals surface area contributed by atoms with Crippen LogP contribution in [0.2, 0.25) is 0 Å². The van der Waals surface area contributed by atoms with Crippen LogP contribution in [0.25, 0.3) is 0 Å². The van der Waals surface area contributed by atoms with Gasteiger partial charge < -0.3 is 19.5 Å². The van der Waals surface area contributed by atoms with Crippen molar-refractivity contribution in [3.8, 4) is 11.5 Å². The maximum absolute atomic E-state index is 13.2. The summed E-state index contributed by atoms with van der Waals surface area (Å²) in [5.41, 5.74) is 2.50. The van der Waals surface area contributed by atoms with Crippen molar-refractivity contribution in [2.24, 2.45) is 5.41 Å². The molecule has 1 atom stereocenters. The van der Waals surface area contributed by atoms with Crippen molar-refractivity contribution in [2.75, 3.05) is 25.6 Å². The Bertz CT molecular complexity index is 1020. The summed E-state index contributed by atoms with van der Waals surface area (Å²) in [4.78, 5) is 17.8. The minimum atomic E-state index is -0.362. The molecule has 1 aliphatic carbocycles. The van der Waals surface area contributed by atoms with Gasteiger partial charge in [-0.05, 0) is 29.5 Å². The molecule has 0 spiro atoms. The van der Waals surface area contributed by atoms with Gasteiger partial charge in [-0.3, -0.25) is 4.79 Å². The van der Waals surface area contributed by atoms with Crippen LogP contribution in [0.4, 0.5) is 5.95 Å². The van der Waals surface area contributed by atoms with Gasteiger partial charge in [-0.15, -0.1) is 0 Å². The van der Waals surface area contributed by atoms with Gasteiger partial charge in [0.1, 0.15) is 25.9 Å². The van der Waals surface area contributed by atoms with Crippen molar-refractivity contribution in [1.29, 1.82) is 0 Å². The molecule has 0 saturated carbocycles. The number of nitrogens with one attached hydrogen (secondary N) is 1. The van der Waals surface area contributed by atoms with Gasteiger partial charge in [-0.25, -0.2) is 4.68 Å². The summed E-state index contributed by atoms with van der Waals surface area (Å²) < 4.78 is 18.4. The van der Waals surface area contributed by atoms with Gasteiger partial charge in [-0.1, -0.05) is 19.9 Å². The molecule has 2 aliphatic heterocycles. The van der Waals surface area contributed by atoms with E-state index < -0.39 is 0 Å². The summed E-state index contributed by atoms with van der Waals surface area (Å²) in [6.45, 7) is 5.59. The number of aromatic nitrogens is 3. The van der Waals surface area contributed by atoms with E-state index in [1.165, 1.54) is 0 Å². The fourth-order valence-corrected chi connectivity index (χ4v) is 4.38.